The van der Waals surface area contributed by atoms with Crippen LogP contribution in [-0.4, -0.2) is 69.9 Å². The van der Waals surface area contributed by atoms with Crippen LogP contribution in [0.3, 0.4) is 0 Å². The molecule has 4 rings (SSSR count). The number of carbonyl (C=O) groups excluding carboxylic acids is 2. The molecule has 1 aromatic carbocycles. The van der Waals surface area contributed by atoms with E-state index >= 15 is 0 Å². The summed E-state index contributed by atoms with van der Waals surface area (Å²) >= 11 is 6.60. The van der Waals surface area contributed by atoms with Gasteiger partial charge in [-0.3, -0.25) is 24.5 Å². The summed E-state index contributed by atoms with van der Waals surface area (Å²) in [5, 5.41) is 3.46. The first kappa shape index (κ1) is 24.6. The lowest BCUT2D eigenvalue weighted by molar-refractivity contribution is -0.125. The molecule has 0 spiro atoms. The molecule has 9 heteroatoms. The van der Waals surface area contributed by atoms with E-state index < -0.39 is 0 Å². The van der Waals surface area contributed by atoms with Gasteiger partial charge in [-0.25, -0.2) is 4.98 Å². The van der Waals surface area contributed by atoms with Crippen molar-refractivity contribution >= 4 is 46.1 Å². The van der Waals surface area contributed by atoms with E-state index in [1.807, 2.05) is 53.6 Å². The zero-order chi connectivity index (χ0) is 24.9. The average molecular weight is 493 g/mol. The minimum atomic E-state index is -0.294. The van der Waals surface area contributed by atoms with Crippen molar-refractivity contribution in [2.45, 2.75) is 19.8 Å². The Morgan fingerprint density at radius 2 is 2.09 bits per heavy atom. The third-order valence-corrected chi connectivity index (χ3v) is 6.01. The second-order valence-corrected chi connectivity index (χ2v) is 9.19. The molecule has 1 aliphatic rings. The van der Waals surface area contributed by atoms with Gasteiger partial charge in [0.05, 0.1) is 22.6 Å². The number of amides is 2. The van der Waals surface area contributed by atoms with Crippen molar-refractivity contribution < 1.29 is 9.59 Å². The number of aromatic nitrogens is 3. The van der Waals surface area contributed by atoms with Crippen molar-refractivity contribution in [2.24, 2.45) is 0 Å². The van der Waals surface area contributed by atoms with Gasteiger partial charge in [-0.15, -0.1) is 0 Å². The molecule has 1 N–H and O–H groups in total. The van der Waals surface area contributed by atoms with Gasteiger partial charge in [-0.1, -0.05) is 29.8 Å². The van der Waals surface area contributed by atoms with E-state index in [2.05, 4.69) is 21.4 Å². The van der Waals surface area contributed by atoms with Gasteiger partial charge in [0.15, 0.2) is 0 Å². The fraction of sp³-hybridized carbons (Fsp3) is 0.308. The monoisotopic (exact) mass is 492 g/mol. The molecule has 0 bridgehead atoms. The molecule has 8 nitrogen and oxygen atoms in total. The molecule has 2 aromatic heterocycles. The predicted octanol–water partition coefficient (Wildman–Crippen LogP) is 4.23. The Hall–Kier alpha value is -3.49. The van der Waals surface area contributed by atoms with Crippen molar-refractivity contribution in [3.63, 3.8) is 0 Å². The summed E-state index contributed by atoms with van der Waals surface area (Å²) in [7, 11) is 3.91. The van der Waals surface area contributed by atoms with E-state index in [4.69, 9.17) is 11.6 Å². The first-order valence-electron chi connectivity index (χ1n) is 11.5. The number of hydrogen-bond acceptors (Lipinski definition) is 5. The maximum absolute atomic E-state index is 13.1. The smallest absolute Gasteiger partial charge is 0.258 e. The molecule has 0 radical (unpaired) electrons. The number of fused-ring (bicyclic) bond motifs is 1. The van der Waals surface area contributed by atoms with Crippen LogP contribution in [0.4, 0.5) is 5.95 Å². The van der Waals surface area contributed by atoms with Gasteiger partial charge >= 0.3 is 0 Å². The fourth-order valence-electron chi connectivity index (χ4n) is 4.02. The zero-order valence-electron chi connectivity index (χ0n) is 20.2. The number of halogens is 1. The molecule has 1 aliphatic heterocycles. The summed E-state index contributed by atoms with van der Waals surface area (Å²) in [5.41, 5.74) is 3.43. The minimum Gasteiger partial charge on any atom is -0.333 e. The number of carbonyl (C=O) groups is 2. The topological polar surface area (TPSA) is 83.4 Å². The lowest BCUT2D eigenvalue weighted by atomic mass is 10.2. The van der Waals surface area contributed by atoms with Crippen LogP contribution < -0.4 is 5.32 Å². The summed E-state index contributed by atoms with van der Waals surface area (Å²) in [4.78, 5) is 38.6. The second-order valence-electron chi connectivity index (χ2n) is 8.78. The molecule has 182 valence electrons. The quantitative estimate of drug-likeness (QED) is 0.521. The van der Waals surface area contributed by atoms with E-state index in [1.54, 1.807) is 30.5 Å². The molecule has 2 amide bonds. The predicted molar refractivity (Wildman–Crippen MR) is 139 cm³/mol. The highest BCUT2D eigenvalue weighted by Gasteiger charge is 2.23. The molecule has 3 heterocycles. The van der Waals surface area contributed by atoms with E-state index in [9.17, 15) is 9.59 Å². The molecule has 0 fully saturated rings. The van der Waals surface area contributed by atoms with Crippen LogP contribution in [0.15, 0.2) is 54.8 Å². The molecule has 0 unspecified atom stereocenters. The Kier molecular flexibility index (Phi) is 7.63. The number of nitrogens with zero attached hydrogens (tertiary/aromatic N) is 5. The van der Waals surface area contributed by atoms with E-state index in [0.29, 0.717) is 47.2 Å². The van der Waals surface area contributed by atoms with Crippen molar-refractivity contribution in [1.29, 1.82) is 0 Å². The Balaban J connectivity index is 1.70. The average Bonchev–Trinajstić information content (AvgIpc) is 3.01. The highest BCUT2D eigenvalue weighted by molar-refractivity contribution is 6.35. The number of nitrogens with one attached hydrogen (secondary N) is 1. The summed E-state index contributed by atoms with van der Waals surface area (Å²) in [5.74, 6) is 0.0150. The number of likely N-dealkylation sites (N-methyl/N-ethyl adjacent to an activating group) is 1. The van der Waals surface area contributed by atoms with Crippen LogP contribution >= 0.6 is 11.6 Å². The number of pyridine rings is 1. The molecule has 0 saturated heterocycles. The highest BCUT2D eigenvalue weighted by Crippen LogP contribution is 2.31. The van der Waals surface area contributed by atoms with Crippen molar-refractivity contribution in [2.75, 3.05) is 39.0 Å². The molecule has 3 aromatic rings. The van der Waals surface area contributed by atoms with Crippen LogP contribution in [-0.2, 0) is 4.79 Å². The lowest BCUT2D eigenvalue weighted by Gasteiger charge is -2.22. The SMILES string of the molecule is Cc1cc(C(=O)Nc2nc3cccc(Cl)c3n2C2=CCCCN(C(=O)/C=C/CN(C)C)C2)ccn1. The van der Waals surface area contributed by atoms with Crippen LogP contribution in [0.25, 0.3) is 16.7 Å². The number of allylic oxidation sites excluding steroid dienone is 1. The van der Waals surface area contributed by atoms with E-state index in [-0.39, 0.29) is 11.8 Å². The van der Waals surface area contributed by atoms with Crippen molar-refractivity contribution in [1.82, 2.24) is 24.3 Å². The number of para-hydroxylation sites is 1. The maximum atomic E-state index is 13.1. The number of rotatable bonds is 6. The third kappa shape index (κ3) is 5.78. The first-order valence-corrected chi connectivity index (χ1v) is 11.9. The van der Waals surface area contributed by atoms with Crippen LogP contribution in [0.2, 0.25) is 5.02 Å². The van der Waals surface area contributed by atoms with Gasteiger partial charge in [-0.2, -0.15) is 0 Å². The molecule has 0 aliphatic carbocycles. The number of anilines is 1. The van der Waals surface area contributed by atoms with Gasteiger partial charge in [-0.05, 0) is 58.1 Å². The van der Waals surface area contributed by atoms with E-state index in [0.717, 1.165) is 24.2 Å². The summed E-state index contributed by atoms with van der Waals surface area (Å²) < 4.78 is 1.86. The molecular formula is C26H29ClN6O2. The Morgan fingerprint density at radius 1 is 1.26 bits per heavy atom. The largest absolute Gasteiger partial charge is 0.333 e. The standard InChI is InChI=1S/C26H29ClN6O2/c1-18-16-19(12-13-28-18)25(35)30-26-29-22-10-6-9-21(27)24(22)33(26)20-8-4-5-15-32(17-20)23(34)11-7-14-31(2)3/h6-13,16H,4-5,14-15,17H2,1-3H3,(H,29,30,35)/b11-7+. The summed E-state index contributed by atoms with van der Waals surface area (Å²) in [6.45, 7) is 3.54. The van der Waals surface area contributed by atoms with Crippen molar-refractivity contribution in [3.8, 4) is 0 Å². The van der Waals surface area contributed by atoms with Gasteiger partial charge in [0.1, 0.15) is 0 Å². The van der Waals surface area contributed by atoms with Gasteiger partial charge < -0.3 is 9.80 Å². The first-order chi connectivity index (χ1) is 16.8. The normalized spacial score (nSPS) is 14.4. The third-order valence-electron chi connectivity index (χ3n) is 5.71. The van der Waals surface area contributed by atoms with E-state index in [1.165, 1.54) is 0 Å². The highest BCUT2D eigenvalue weighted by atomic mass is 35.5. The summed E-state index contributed by atoms with van der Waals surface area (Å²) in [6, 6.07) is 8.86. The maximum Gasteiger partial charge on any atom is 0.258 e. The number of benzene rings is 1. The van der Waals surface area contributed by atoms with Crippen molar-refractivity contribution in [3.05, 3.63) is 71.0 Å². The number of hydrogen-bond donors (Lipinski definition) is 1. The zero-order valence-corrected chi connectivity index (χ0v) is 20.9. The molecule has 35 heavy (non-hydrogen) atoms. The van der Waals surface area contributed by atoms with Gasteiger partial charge in [0, 0.05) is 42.3 Å². The summed E-state index contributed by atoms with van der Waals surface area (Å²) in [6.07, 6.45) is 8.81. The Bertz CT molecular complexity index is 1310. The Labute approximate surface area is 209 Å². The molecule has 0 atom stereocenters. The fourth-order valence-corrected chi connectivity index (χ4v) is 4.27. The second kappa shape index (κ2) is 10.8. The number of aryl methyl sites for hydroxylation is 1. The molecule has 0 saturated carbocycles. The van der Waals surface area contributed by atoms with Gasteiger partial charge in [0.25, 0.3) is 5.91 Å². The van der Waals surface area contributed by atoms with Crippen LogP contribution in [0.5, 0.6) is 0 Å². The minimum absolute atomic E-state index is 0.0481. The Morgan fingerprint density at radius 3 is 2.86 bits per heavy atom. The van der Waals surface area contributed by atoms with Crippen LogP contribution in [0, 0.1) is 6.92 Å². The number of imidazole rings is 1. The van der Waals surface area contributed by atoms with Crippen LogP contribution in [0.1, 0.15) is 28.9 Å². The molecular weight excluding hydrogens is 464 g/mol. The van der Waals surface area contributed by atoms with Gasteiger partial charge in [0.2, 0.25) is 11.9 Å². The lowest BCUT2D eigenvalue weighted by Crippen LogP contribution is -2.32.